The van der Waals surface area contributed by atoms with Crippen LogP contribution >= 0.6 is 0 Å². The van der Waals surface area contributed by atoms with Gasteiger partial charge in [0.15, 0.2) is 0 Å². The first kappa shape index (κ1) is 13.0. The van der Waals surface area contributed by atoms with Crippen molar-refractivity contribution in [3.05, 3.63) is 0 Å². The third kappa shape index (κ3) is 4.98. The highest BCUT2D eigenvalue weighted by atomic mass is 16.3. The molecule has 0 aromatic carbocycles. The van der Waals surface area contributed by atoms with Gasteiger partial charge < -0.3 is 10.4 Å². The lowest BCUT2D eigenvalue weighted by molar-refractivity contribution is 0.0850. The highest BCUT2D eigenvalue weighted by Gasteiger charge is 2.23. The van der Waals surface area contributed by atoms with Crippen LogP contribution in [-0.4, -0.2) is 23.3 Å². The van der Waals surface area contributed by atoms with Crippen molar-refractivity contribution >= 4 is 0 Å². The number of rotatable bonds is 5. The quantitative estimate of drug-likeness (QED) is 0.736. The molecule has 0 heterocycles. The van der Waals surface area contributed by atoms with Gasteiger partial charge in [-0.2, -0.15) is 0 Å². The molecule has 0 aromatic rings. The van der Waals surface area contributed by atoms with Crippen molar-refractivity contribution in [3.8, 4) is 0 Å². The van der Waals surface area contributed by atoms with E-state index in [4.69, 9.17) is 0 Å². The predicted molar refractivity (Wildman–Crippen MR) is 64.9 cm³/mol. The van der Waals surface area contributed by atoms with Crippen LogP contribution in [0, 0.1) is 5.92 Å². The summed E-state index contributed by atoms with van der Waals surface area (Å²) in [5.41, 5.74) is 0. The van der Waals surface area contributed by atoms with Gasteiger partial charge in [0.25, 0.3) is 0 Å². The molecule has 90 valence electrons. The van der Waals surface area contributed by atoms with Gasteiger partial charge in [-0.3, -0.25) is 0 Å². The van der Waals surface area contributed by atoms with E-state index in [2.05, 4.69) is 26.1 Å². The summed E-state index contributed by atoms with van der Waals surface area (Å²) in [7, 11) is 0. The minimum absolute atomic E-state index is 0.111. The summed E-state index contributed by atoms with van der Waals surface area (Å²) in [5.74, 6) is 0.783. The lowest BCUT2D eigenvalue weighted by Crippen LogP contribution is -2.46. The van der Waals surface area contributed by atoms with Crippen LogP contribution in [0.4, 0.5) is 0 Å². The van der Waals surface area contributed by atoms with E-state index in [9.17, 15) is 5.11 Å². The summed E-state index contributed by atoms with van der Waals surface area (Å²) in [6.45, 7) is 6.77. The number of aliphatic hydroxyl groups is 1. The Bertz CT molecular complexity index is 170. The molecule has 2 N–H and O–H groups in total. The fourth-order valence-electron chi connectivity index (χ4n) is 2.34. The van der Waals surface area contributed by atoms with E-state index in [1.807, 2.05) is 0 Å². The van der Waals surface area contributed by atoms with Gasteiger partial charge >= 0.3 is 0 Å². The first-order chi connectivity index (χ1) is 7.09. The van der Waals surface area contributed by atoms with Gasteiger partial charge in [0.2, 0.25) is 0 Å². The highest BCUT2D eigenvalue weighted by molar-refractivity contribution is 4.82. The number of hydrogen-bond acceptors (Lipinski definition) is 2. The maximum atomic E-state index is 9.83. The molecule has 1 aliphatic carbocycles. The molecule has 0 amide bonds. The van der Waals surface area contributed by atoms with Gasteiger partial charge in [-0.15, -0.1) is 0 Å². The molecule has 2 nitrogen and oxygen atoms in total. The van der Waals surface area contributed by atoms with Crippen molar-refractivity contribution < 1.29 is 5.11 Å². The van der Waals surface area contributed by atoms with Crippen LogP contribution in [0.2, 0.25) is 0 Å². The predicted octanol–water partition coefficient (Wildman–Crippen LogP) is 2.70. The minimum Gasteiger partial charge on any atom is -0.392 e. The monoisotopic (exact) mass is 213 g/mol. The van der Waals surface area contributed by atoms with Gasteiger partial charge in [-0.1, -0.05) is 26.7 Å². The minimum atomic E-state index is -0.111. The third-order valence-electron chi connectivity index (χ3n) is 3.41. The average molecular weight is 213 g/mol. The van der Waals surface area contributed by atoms with E-state index in [0.29, 0.717) is 12.1 Å². The second kappa shape index (κ2) is 6.49. The van der Waals surface area contributed by atoms with Gasteiger partial charge in [0.05, 0.1) is 6.10 Å². The molecule has 2 heteroatoms. The smallest absolute Gasteiger partial charge is 0.0693 e. The highest BCUT2D eigenvalue weighted by Crippen LogP contribution is 2.19. The van der Waals surface area contributed by atoms with Crippen LogP contribution in [0.25, 0.3) is 0 Å². The summed E-state index contributed by atoms with van der Waals surface area (Å²) in [6, 6.07) is 0.895. The molecule has 0 aromatic heterocycles. The molecule has 1 unspecified atom stereocenters. The Morgan fingerprint density at radius 3 is 2.40 bits per heavy atom. The standard InChI is InChI=1S/C13H27NO/c1-10(2)8-9-11(3)14-12-6-4-5-7-13(12)15/h10-15H,4-9H2,1-3H3/t11?,12-,13-/m1/s1. The third-order valence-corrected chi connectivity index (χ3v) is 3.41. The first-order valence-corrected chi connectivity index (χ1v) is 6.53. The molecule has 3 atom stereocenters. The molecule has 1 rings (SSSR count). The zero-order valence-electron chi connectivity index (χ0n) is 10.5. The van der Waals surface area contributed by atoms with E-state index in [-0.39, 0.29) is 6.10 Å². The molecular formula is C13H27NO. The van der Waals surface area contributed by atoms with Crippen molar-refractivity contribution in [1.82, 2.24) is 5.32 Å². The van der Waals surface area contributed by atoms with Crippen LogP contribution < -0.4 is 5.32 Å². The second-order valence-corrected chi connectivity index (χ2v) is 5.50. The molecule has 0 aliphatic heterocycles. The summed E-state index contributed by atoms with van der Waals surface area (Å²) in [4.78, 5) is 0. The molecule has 1 saturated carbocycles. The average Bonchev–Trinajstić information content (AvgIpc) is 2.18. The summed E-state index contributed by atoms with van der Waals surface area (Å²) in [6.07, 6.45) is 6.98. The summed E-state index contributed by atoms with van der Waals surface area (Å²) in [5, 5.41) is 13.4. The van der Waals surface area contributed by atoms with Crippen LogP contribution in [0.3, 0.4) is 0 Å². The lowest BCUT2D eigenvalue weighted by atomic mass is 9.91. The topological polar surface area (TPSA) is 32.3 Å². The Hall–Kier alpha value is -0.0800. The molecule has 1 fully saturated rings. The van der Waals surface area contributed by atoms with Crippen molar-refractivity contribution in [2.75, 3.05) is 0 Å². The Morgan fingerprint density at radius 2 is 1.80 bits per heavy atom. The summed E-state index contributed by atoms with van der Waals surface area (Å²) < 4.78 is 0. The molecular weight excluding hydrogens is 186 g/mol. The van der Waals surface area contributed by atoms with Gasteiger partial charge in [-0.25, -0.2) is 0 Å². The van der Waals surface area contributed by atoms with Crippen LogP contribution in [0.5, 0.6) is 0 Å². The lowest BCUT2D eigenvalue weighted by Gasteiger charge is -2.31. The molecule has 1 aliphatic rings. The number of hydrogen-bond donors (Lipinski definition) is 2. The Morgan fingerprint density at radius 1 is 1.13 bits per heavy atom. The molecule has 0 bridgehead atoms. The van der Waals surface area contributed by atoms with E-state index < -0.39 is 0 Å². The van der Waals surface area contributed by atoms with Crippen molar-refractivity contribution in [2.24, 2.45) is 5.92 Å². The largest absolute Gasteiger partial charge is 0.392 e. The molecule has 0 spiro atoms. The maximum Gasteiger partial charge on any atom is 0.0693 e. The zero-order valence-corrected chi connectivity index (χ0v) is 10.5. The van der Waals surface area contributed by atoms with E-state index in [1.54, 1.807) is 0 Å². The van der Waals surface area contributed by atoms with Gasteiger partial charge in [0.1, 0.15) is 0 Å². The van der Waals surface area contributed by atoms with Gasteiger partial charge in [-0.05, 0) is 38.5 Å². The summed E-state index contributed by atoms with van der Waals surface area (Å²) >= 11 is 0. The van der Waals surface area contributed by atoms with Crippen molar-refractivity contribution in [3.63, 3.8) is 0 Å². The van der Waals surface area contributed by atoms with Crippen LogP contribution in [-0.2, 0) is 0 Å². The van der Waals surface area contributed by atoms with Crippen molar-refractivity contribution in [2.45, 2.75) is 77.5 Å². The zero-order chi connectivity index (χ0) is 11.3. The molecule has 0 saturated heterocycles. The molecule has 15 heavy (non-hydrogen) atoms. The van der Waals surface area contributed by atoms with Crippen molar-refractivity contribution in [1.29, 1.82) is 0 Å². The Labute approximate surface area is 94.5 Å². The first-order valence-electron chi connectivity index (χ1n) is 6.53. The molecule has 0 radical (unpaired) electrons. The normalized spacial score (nSPS) is 29.4. The SMILES string of the molecule is CC(C)CCC(C)N[C@@H]1CCCC[C@H]1O. The second-order valence-electron chi connectivity index (χ2n) is 5.50. The number of nitrogens with one attached hydrogen (secondary N) is 1. The fraction of sp³-hybridized carbons (Fsp3) is 1.00. The van der Waals surface area contributed by atoms with E-state index >= 15 is 0 Å². The van der Waals surface area contributed by atoms with E-state index in [0.717, 1.165) is 18.8 Å². The maximum absolute atomic E-state index is 9.83. The van der Waals surface area contributed by atoms with Crippen LogP contribution in [0.15, 0.2) is 0 Å². The van der Waals surface area contributed by atoms with E-state index in [1.165, 1.54) is 25.7 Å². The fourth-order valence-corrected chi connectivity index (χ4v) is 2.34. The Kier molecular flexibility index (Phi) is 5.62. The number of aliphatic hydroxyl groups excluding tert-OH is 1. The van der Waals surface area contributed by atoms with Gasteiger partial charge in [0, 0.05) is 12.1 Å². The van der Waals surface area contributed by atoms with Crippen LogP contribution in [0.1, 0.15) is 59.3 Å². The Balaban J connectivity index is 2.20.